The number of para-hydroxylation sites is 1. The summed E-state index contributed by atoms with van der Waals surface area (Å²) >= 11 is 0. The molecule has 0 bridgehead atoms. The summed E-state index contributed by atoms with van der Waals surface area (Å²) < 4.78 is 0. The Morgan fingerprint density at radius 3 is 2.75 bits per heavy atom. The molecular weight excluding hydrogens is 202 g/mol. The van der Waals surface area contributed by atoms with Crippen LogP contribution in [0.3, 0.4) is 0 Å². The summed E-state index contributed by atoms with van der Waals surface area (Å²) in [5.74, 6) is 0. The molecular formula is C12H15N3O. The standard InChI is InChI=1S/C12H15N3O/c1-8-11(15(3)12(16)13-2)9-6-4-5-7-10(9)14-8/h4-7,14H,1-3H3,(H,13,16). The zero-order valence-electron chi connectivity index (χ0n) is 9.66. The van der Waals surface area contributed by atoms with Crippen molar-refractivity contribution in [3.8, 4) is 0 Å². The Kier molecular flexibility index (Phi) is 2.56. The van der Waals surface area contributed by atoms with Crippen molar-refractivity contribution in [3.05, 3.63) is 30.0 Å². The Labute approximate surface area is 94.3 Å². The highest BCUT2D eigenvalue weighted by atomic mass is 16.2. The van der Waals surface area contributed by atoms with E-state index in [0.29, 0.717) is 0 Å². The Morgan fingerprint density at radius 1 is 1.38 bits per heavy atom. The van der Waals surface area contributed by atoms with Gasteiger partial charge in [-0.1, -0.05) is 18.2 Å². The predicted molar refractivity (Wildman–Crippen MR) is 65.9 cm³/mol. The van der Waals surface area contributed by atoms with Crippen molar-refractivity contribution >= 4 is 22.6 Å². The lowest BCUT2D eigenvalue weighted by Gasteiger charge is -2.16. The summed E-state index contributed by atoms with van der Waals surface area (Å²) in [5, 5.41) is 3.68. The number of benzene rings is 1. The molecule has 2 rings (SSSR count). The van der Waals surface area contributed by atoms with Crippen LogP contribution in [0.4, 0.5) is 10.5 Å². The quantitative estimate of drug-likeness (QED) is 0.756. The summed E-state index contributed by atoms with van der Waals surface area (Å²) in [6.45, 7) is 1.97. The predicted octanol–water partition coefficient (Wildman–Crippen LogP) is 2.25. The molecule has 4 nitrogen and oxygen atoms in total. The number of carbonyl (C=O) groups excluding carboxylic acids is 1. The molecule has 2 amide bonds. The molecule has 0 aliphatic rings. The number of hydrogen-bond acceptors (Lipinski definition) is 1. The Bertz CT molecular complexity index is 530. The second kappa shape index (κ2) is 3.89. The highest BCUT2D eigenvalue weighted by Crippen LogP contribution is 2.29. The third-order valence-electron chi connectivity index (χ3n) is 2.71. The van der Waals surface area contributed by atoms with Crippen LogP contribution in [-0.4, -0.2) is 25.1 Å². The van der Waals surface area contributed by atoms with Crippen LogP contribution in [0.25, 0.3) is 10.9 Å². The first-order chi connectivity index (χ1) is 7.65. The zero-order chi connectivity index (χ0) is 11.7. The lowest BCUT2D eigenvalue weighted by Crippen LogP contribution is -2.35. The van der Waals surface area contributed by atoms with Crippen LogP contribution < -0.4 is 10.2 Å². The molecule has 2 aromatic rings. The molecule has 1 aromatic carbocycles. The molecule has 1 heterocycles. The van der Waals surface area contributed by atoms with Gasteiger partial charge < -0.3 is 10.3 Å². The molecule has 0 unspecified atom stereocenters. The van der Waals surface area contributed by atoms with E-state index in [-0.39, 0.29) is 6.03 Å². The molecule has 0 spiro atoms. The number of amides is 2. The molecule has 0 fully saturated rings. The van der Waals surface area contributed by atoms with Gasteiger partial charge in [-0.15, -0.1) is 0 Å². The number of nitrogens with one attached hydrogen (secondary N) is 2. The number of nitrogens with zero attached hydrogens (tertiary/aromatic N) is 1. The van der Waals surface area contributed by atoms with Gasteiger partial charge in [-0.3, -0.25) is 4.90 Å². The van der Waals surface area contributed by atoms with Gasteiger partial charge in [-0.25, -0.2) is 4.79 Å². The van der Waals surface area contributed by atoms with Crippen molar-refractivity contribution in [1.82, 2.24) is 10.3 Å². The van der Waals surface area contributed by atoms with Gasteiger partial charge in [0.15, 0.2) is 0 Å². The minimum absolute atomic E-state index is 0.118. The van der Waals surface area contributed by atoms with E-state index < -0.39 is 0 Å². The van der Waals surface area contributed by atoms with Crippen LogP contribution in [0.15, 0.2) is 24.3 Å². The first-order valence-electron chi connectivity index (χ1n) is 5.18. The molecule has 84 valence electrons. The molecule has 0 aliphatic heterocycles. The van der Waals surface area contributed by atoms with E-state index in [1.54, 1.807) is 19.0 Å². The summed E-state index contributed by atoms with van der Waals surface area (Å²) in [4.78, 5) is 16.5. The topological polar surface area (TPSA) is 48.1 Å². The third-order valence-corrected chi connectivity index (χ3v) is 2.71. The van der Waals surface area contributed by atoms with E-state index in [0.717, 1.165) is 22.3 Å². The highest BCUT2D eigenvalue weighted by molar-refractivity contribution is 6.03. The van der Waals surface area contributed by atoms with Crippen LogP contribution in [0.1, 0.15) is 5.69 Å². The number of aromatic nitrogens is 1. The molecule has 0 aliphatic carbocycles. The van der Waals surface area contributed by atoms with Crippen molar-refractivity contribution in [1.29, 1.82) is 0 Å². The Morgan fingerprint density at radius 2 is 2.06 bits per heavy atom. The van der Waals surface area contributed by atoms with Crippen molar-refractivity contribution in [3.63, 3.8) is 0 Å². The smallest absolute Gasteiger partial charge is 0.321 e. The maximum atomic E-state index is 11.6. The summed E-state index contributed by atoms with van der Waals surface area (Å²) in [5.41, 5.74) is 2.97. The van der Waals surface area contributed by atoms with Crippen LogP contribution >= 0.6 is 0 Å². The van der Waals surface area contributed by atoms with E-state index in [1.165, 1.54) is 0 Å². The molecule has 0 radical (unpaired) electrons. The minimum atomic E-state index is -0.118. The largest absolute Gasteiger partial charge is 0.357 e. The number of urea groups is 1. The van der Waals surface area contributed by atoms with Gasteiger partial charge in [0, 0.05) is 30.7 Å². The van der Waals surface area contributed by atoms with E-state index >= 15 is 0 Å². The first-order valence-corrected chi connectivity index (χ1v) is 5.18. The van der Waals surface area contributed by atoms with Gasteiger partial charge in [0.25, 0.3) is 0 Å². The number of hydrogen-bond donors (Lipinski definition) is 2. The minimum Gasteiger partial charge on any atom is -0.357 e. The van der Waals surface area contributed by atoms with Crippen LogP contribution in [0, 0.1) is 6.92 Å². The maximum absolute atomic E-state index is 11.6. The van der Waals surface area contributed by atoms with E-state index in [4.69, 9.17) is 0 Å². The average molecular weight is 217 g/mol. The maximum Gasteiger partial charge on any atom is 0.321 e. The molecule has 2 N–H and O–H groups in total. The van der Waals surface area contributed by atoms with Crippen LogP contribution in [0.5, 0.6) is 0 Å². The van der Waals surface area contributed by atoms with Gasteiger partial charge in [0.1, 0.15) is 0 Å². The molecule has 0 atom stereocenters. The van der Waals surface area contributed by atoms with Gasteiger partial charge in [0.05, 0.1) is 5.69 Å². The van der Waals surface area contributed by atoms with Crippen LogP contribution in [-0.2, 0) is 0 Å². The van der Waals surface area contributed by atoms with E-state index in [9.17, 15) is 4.79 Å². The molecule has 4 heteroatoms. The van der Waals surface area contributed by atoms with Crippen molar-refractivity contribution in [2.24, 2.45) is 0 Å². The monoisotopic (exact) mass is 217 g/mol. The number of aromatic amines is 1. The van der Waals surface area contributed by atoms with Crippen molar-refractivity contribution in [2.75, 3.05) is 19.0 Å². The normalized spacial score (nSPS) is 10.4. The summed E-state index contributed by atoms with van der Waals surface area (Å²) in [7, 11) is 3.39. The van der Waals surface area contributed by atoms with Crippen LogP contribution in [0.2, 0.25) is 0 Å². The Balaban J connectivity index is 2.59. The van der Waals surface area contributed by atoms with E-state index in [1.807, 2.05) is 31.2 Å². The Hall–Kier alpha value is -1.97. The fourth-order valence-corrected chi connectivity index (χ4v) is 1.96. The SMILES string of the molecule is CNC(=O)N(C)c1c(C)[nH]c2ccccc12. The first kappa shape index (κ1) is 10.5. The number of anilines is 1. The summed E-state index contributed by atoms with van der Waals surface area (Å²) in [6.07, 6.45) is 0. The number of H-pyrrole nitrogens is 1. The van der Waals surface area contributed by atoms with Gasteiger partial charge in [-0.2, -0.15) is 0 Å². The van der Waals surface area contributed by atoms with Crippen molar-refractivity contribution in [2.45, 2.75) is 6.92 Å². The van der Waals surface area contributed by atoms with Gasteiger partial charge in [0.2, 0.25) is 0 Å². The molecule has 1 aromatic heterocycles. The average Bonchev–Trinajstić information content (AvgIpc) is 2.63. The highest BCUT2D eigenvalue weighted by Gasteiger charge is 2.16. The van der Waals surface area contributed by atoms with Gasteiger partial charge in [-0.05, 0) is 13.0 Å². The lowest BCUT2D eigenvalue weighted by molar-refractivity contribution is 0.249. The molecule has 0 saturated carbocycles. The number of fused-ring (bicyclic) bond motifs is 1. The molecule has 16 heavy (non-hydrogen) atoms. The second-order valence-electron chi connectivity index (χ2n) is 3.76. The fraction of sp³-hybridized carbons (Fsp3) is 0.250. The number of carbonyl (C=O) groups is 1. The number of rotatable bonds is 1. The second-order valence-corrected chi connectivity index (χ2v) is 3.76. The number of aryl methyl sites for hydroxylation is 1. The zero-order valence-corrected chi connectivity index (χ0v) is 9.66. The molecule has 0 saturated heterocycles. The summed E-state index contributed by atoms with van der Waals surface area (Å²) in [6, 6.07) is 7.84. The fourth-order valence-electron chi connectivity index (χ4n) is 1.96. The third kappa shape index (κ3) is 1.52. The van der Waals surface area contributed by atoms with Gasteiger partial charge >= 0.3 is 6.03 Å². The van der Waals surface area contributed by atoms with E-state index in [2.05, 4.69) is 10.3 Å². The van der Waals surface area contributed by atoms with Crippen molar-refractivity contribution < 1.29 is 4.79 Å². The lowest BCUT2D eigenvalue weighted by atomic mass is 10.2.